The van der Waals surface area contributed by atoms with Crippen molar-refractivity contribution in [1.82, 2.24) is 10.0 Å². The van der Waals surface area contributed by atoms with Crippen LogP contribution in [0.1, 0.15) is 6.42 Å². The van der Waals surface area contributed by atoms with Gasteiger partial charge in [0, 0.05) is 0 Å². The van der Waals surface area contributed by atoms with Crippen molar-refractivity contribution < 1.29 is 31.2 Å². The molecule has 2 N–H and O–H groups in total. The number of amides is 2. The van der Waals surface area contributed by atoms with Crippen molar-refractivity contribution in [2.75, 3.05) is 6.26 Å². The average Bonchev–Trinajstić information content (AvgIpc) is 2.12. The third-order valence-electron chi connectivity index (χ3n) is 2.03. The van der Waals surface area contributed by atoms with Crippen LogP contribution in [0.2, 0.25) is 0 Å². The summed E-state index contributed by atoms with van der Waals surface area (Å²) in [6.07, 6.45) is -3.80. The summed E-state index contributed by atoms with van der Waals surface area (Å²) in [5, 5.41) is 1.59. The van der Waals surface area contributed by atoms with Crippen LogP contribution in [0, 0.1) is 0 Å². The summed E-state index contributed by atoms with van der Waals surface area (Å²) < 4.78 is 59.8. The van der Waals surface area contributed by atoms with Gasteiger partial charge in [-0.15, -0.1) is 0 Å². The van der Waals surface area contributed by atoms with Gasteiger partial charge < -0.3 is 5.32 Å². The lowest BCUT2D eigenvalue weighted by Crippen LogP contribution is -2.50. The van der Waals surface area contributed by atoms with E-state index in [0.717, 1.165) is 6.08 Å². The molecule has 1 aliphatic heterocycles. The highest BCUT2D eigenvalue weighted by Crippen LogP contribution is 2.25. The Morgan fingerprint density at radius 1 is 1.50 bits per heavy atom. The van der Waals surface area contributed by atoms with Crippen LogP contribution in [0.25, 0.3) is 0 Å². The normalized spacial score (nSPS) is 21.0. The maximum atomic E-state index is 12.3. The number of hydrogen-bond acceptors (Lipinski definition) is 4. The molecule has 0 saturated heterocycles. The van der Waals surface area contributed by atoms with Gasteiger partial charge in [0.2, 0.25) is 10.0 Å². The van der Waals surface area contributed by atoms with Gasteiger partial charge in [0.1, 0.15) is 11.6 Å². The van der Waals surface area contributed by atoms with Crippen molar-refractivity contribution in [3.05, 3.63) is 11.6 Å². The van der Waals surface area contributed by atoms with Gasteiger partial charge in [0.05, 0.1) is 6.26 Å². The van der Waals surface area contributed by atoms with Gasteiger partial charge in [-0.1, -0.05) is 6.08 Å². The molecule has 0 saturated carbocycles. The minimum absolute atomic E-state index is 0.623. The maximum absolute atomic E-state index is 12.3. The highest BCUT2D eigenvalue weighted by atomic mass is 32.2. The third-order valence-corrected chi connectivity index (χ3v) is 2.58. The van der Waals surface area contributed by atoms with Crippen molar-refractivity contribution in [3.63, 3.8) is 0 Å². The van der Waals surface area contributed by atoms with Crippen LogP contribution in [0.15, 0.2) is 11.6 Å². The number of carbonyl (C=O) groups excluding carboxylic acids is 2. The molecule has 1 aliphatic rings. The summed E-state index contributed by atoms with van der Waals surface area (Å²) in [6.45, 7) is 0. The monoisotopic (exact) mass is 286 g/mol. The molecule has 0 aromatic carbocycles. The lowest BCUT2D eigenvalue weighted by atomic mass is 10.0. The highest BCUT2D eigenvalue weighted by Gasteiger charge is 2.43. The predicted molar refractivity (Wildman–Crippen MR) is 53.7 cm³/mol. The van der Waals surface area contributed by atoms with E-state index in [1.54, 1.807) is 5.32 Å². The standard InChI is InChI=1S/C8H9F3N2O4S/c1-18(16,17)13-7(15)4-2-3-5(8(9,10)11)12-6(4)14/h2,5H,3H2,1H3,(H,12,14)(H,13,15). The molecule has 10 heteroatoms. The van der Waals surface area contributed by atoms with E-state index in [0.29, 0.717) is 6.26 Å². The second kappa shape index (κ2) is 4.59. The average molecular weight is 286 g/mol. The quantitative estimate of drug-likeness (QED) is 0.666. The van der Waals surface area contributed by atoms with E-state index < -0.39 is 46.0 Å². The summed E-state index contributed by atoms with van der Waals surface area (Å²) in [4.78, 5) is 22.5. The summed E-state index contributed by atoms with van der Waals surface area (Å²) in [7, 11) is -3.88. The van der Waals surface area contributed by atoms with E-state index in [4.69, 9.17) is 0 Å². The Morgan fingerprint density at radius 2 is 2.06 bits per heavy atom. The van der Waals surface area contributed by atoms with Crippen molar-refractivity contribution in [2.24, 2.45) is 0 Å². The van der Waals surface area contributed by atoms with Crippen LogP contribution in [0.3, 0.4) is 0 Å². The highest BCUT2D eigenvalue weighted by molar-refractivity contribution is 7.89. The molecule has 1 heterocycles. The number of rotatable bonds is 2. The molecule has 0 radical (unpaired) electrons. The summed E-state index contributed by atoms with van der Waals surface area (Å²) in [5.41, 5.74) is -0.652. The molecule has 2 amide bonds. The molecule has 0 aromatic rings. The number of carbonyl (C=O) groups is 2. The molecule has 6 nitrogen and oxygen atoms in total. The fourth-order valence-corrected chi connectivity index (χ4v) is 1.70. The van der Waals surface area contributed by atoms with E-state index in [1.165, 1.54) is 4.72 Å². The van der Waals surface area contributed by atoms with Crippen molar-refractivity contribution >= 4 is 21.8 Å². The molecule has 0 bridgehead atoms. The fraction of sp³-hybridized carbons (Fsp3) is 0.500. The zero-order valence-electron chi connectivity index (χ0n) is 9.04. The first kappa shape index (κ1) is 14.5. The molecule has 0 fully saturated rings. The molecule has 0 spiro atoms. The van der Waals surface area contributed by atoms with Crippen molar-refractivity contribution in [2.45, 2.75) is 18.6 Å². The number of nitrogens with one attached hydrogen (secondary N) is 2. The zero-order chi connectivity index (χ0) is 14.1. The van der Waals surface area contributed by atoms with E-state index in [9.17, 15) is 31.2 Å². The van der Waals surface area contributed by atoms with E-state index in [1.807, 2.05) is 0 Å². The lowest BCUT2D eigenvalue weighted by Gasteiger charge is -2.24. The largest absolute Gasteiger partial charge is 0.408 e. The van der Waals surface area contributed by atoms with E-state index in [-0.39, 0.29) is 0 Å². The molecule has 1 unspecified atom stereocenters. The second-order valence-electron chi connectivity index (χ2n) is 3.62. The smallest absolute Gasteiger partial charge is 0.340 e. The minimum atomic E-state index is -4.62. The number of sulfonamides is 1. The molecule has 1 atom stereocenters. The lowest BCUT2D eigenvalue weighted by molar-refractivity contribution is -0.161. The second-order valence-corrected chi connectivity index (χ2v) is 5.37. The molecule has 0 aliphatic carbocycles. The predicted octanol–water partition coefficient (Wildman–Crippen LogP) is -0.561. The number of hydrogen-bond donors (Lipinski definition) is 2. The van der Waals surface area contributed by atoms with Crippen LogP contribution in [0.4, 0.5) is 13.2 Å². The Balaban J connectivity index is 2.85. The van der Waals surface area contributed by atoms with Gasteiger partial charge in [-0.05, 0) is 6.42 Å². The summed E-state index contributed by atoms with van der Waals surface area (Å²) in [5.74, 6) is -2.51. The minimum Gasteiger partial charge on any atom is -0.340 e. The van der Waals surface area contributed by atoms with Gasteiger partial charge in [-0.3, -0.25) is 9.59 Å². The topological polar surface area (TPSA) is 92.3 Å². The first-order valence-corrected chi connectivity index (χ1v) is 6.49. The Morgan fingerprint density at radius 3 is 2.44 bits per heavy atom. The fourth-order valence-electron chi connectivity index (χ4n) is 1.26. The first-order chi connectivity index (χ1) is 8.00. The SMILES string of the molecule is CS(=O)(=O)NC(=O)C1=CCC(C(F)(F)F)NC1=O. The summed E-state index contributed by atoms with van der Waals surface area (Å²) >= 11 is 0. The molecular weight excluding hydrogens is 277 g/mol. The molecule has 1 rings (SSSR count). The van der Waals surface area contributed by atoms with Crippen LogP contribution in [0.5, 0.6) is 0 Å². The summed E-state index contributed by atoms with van der Waals surface area (Å²) in [6, 6.07) is -2.07. The van der Waals surface area contributed by atoms with E-state index in [2.05, 4.69) is 0 Å². The Labute approximate surface area is 100 Å². The van der Waals surface area contributed by atoms with Gasteiger partial charge >= 0.3 is 6.18 Å². The molecule has 102 valence electrons. The molecule has 18 heavy (non-hydrogen) atoms. The maximum Gasteiger partial charge on any atom is 0.408 e. The Bertz CT molecular complexity index is 509. The van der Waals surface area contributed by atoms with Crippen molar-refractivity contribution in [3.8, 4) is 0 Å². The first-order valence-electron chi connectivity index (χ1n) is 4.60. The number of halogens is 3. The van der Waals surface area contributed by atoms with Crippen LogP contribution in [-0.2, 0) is 19.6 Å². The van der Waals surface area contributed by atoms with Gasteiger partial charge in [0.25, 0.3) is 11.8 Å². The molecular formula is C8H9F3N2O4S. The van der Waals surface area contributed by atoms with Crippen LogP contribution in [-0.4, -0.2) is 38.7 Å². The zero-order valence-corrected chi connectivity index (χ0v) is 9.85. The Hall–Kier alpha value is -1.58. The third kappa shape index (κ3) is 3.72. The number of alkyl halides is 3. The van der Waals surface area contributed by atoms with E-state index >= 15 is 0 Å². The van der Waals surface area contributed by atoms with Crippen molar-refractivity contribution in [1.29, 1.82) is 0 Å². The molecule has 0 aromatic heterocycles. The van der Waals surface area contributed by atoms with Gasteiger partial charge in [-0.25, -0.2) is 13.1 Å². The Kier molecular flexibility index (Phi) is 3.70. The van der Waals surface area contributed by atoms with Crippen LogP contribution >= 0.6 is 0 Å². The van der Waals surface area contributed by atoms with Crippen LogP contribution < -0.4 is 10.0 Å². The van der Waals surface area contributed by atoms with Gasteiger partial charge in [-0.2, -0.15) is 13.2 Å². The van der Waals surface area contributed by atoms with Gasteiger partial charge in [0.15, 0.2) is 0 Å².